The predicted octanol–water partition coefficient (Wildman–Crippen LogP) is 2.00. The Morgan fingerprint density at radius 3 is 2.13 bits per heavy atom. The first-order chi connectivity index (χ1) is 11.1. The van der Waals surface area contributed by atoms with Crippen molar-refractivity contribution in [2.45, 2.75) is 0 Å². The number of rotatable bonds is 13. The number of nitrogens with zero attached hydrogens (tertiary/aromatic N) is 1. The lowest BCUT2D eigenvalue weighted by atomic mass is 10.2. The highest BCUT2D eigenvalue weighted by atomic mass is 79.9. The van der Waals surface area contributed by atoms with Gasteiger partial charge in [0.2, 0.25) is 0 Å². The topological polar surface area (TPSA) is 106 Å². The number of alkyl halides is 1. The van der Waals surface area contributed by atoms with Gasteiger partial charge in [0.25, 0.3) is 5.69 Å². The van der Waals surface area contributed by atoms with Crippen molar-refractivity contribution in [3.8, 4) is 5.75 Å². The lowest BCUT2D eigenvalue weighted by molar-refractivity contribution is -0.384. The highest BCUT2D eigenvalue weighted by Crippen LogP contribution is 2.26. The van der Waals surface area contributed by atoms with E-state index in [1.165, 1.54) is 12.1 Å². The number of hydrogen-bond donors (Lipinski definition) is 1. The molecule has 0 aromatic heterocycles. The van der Waals surface area contributed by atoms with Gasteiger partial charge in [0.05, 0.1) is 50.6 Å². The summed E-state index contributed by atoms with van der Waals surface area (Å²) in [5.74, 6) is 0.384. The molecule has 2 N–H and O–H groups in total. The summed E-state index contributed by atoms with van der Waals surface area (Å²) in [6.07, 6.45) is 0. The number of nitro benzene ring substituents is 1. The lowest BCUT2D eigenvalue weighted by Gasteiger charge is -2.08. The Hall–Kier alpha value is -1.42. The molecule has 1 rings (SSSR count). The Bertz CT molecular complexity index is 475. The van der Waals surface area contributed by atoms with Gasteiger partial charge in [0.1, 0.15) is 18.0 Å². The number of nitro groups is 1. The van der Waals surface area contributed by atoms with E-state index < -0.39 is 4.92 Å². The molecule has 0 aliphatic rings. The maximum absolute atomic E-state index is 10.8. The minimum absolute atomic E-state index is 0.107. The van der Waals surface area contributed by atoms with Gasteiger partial charge in [-0.2, -0.15) is 0 Å². The molecule has 130 valence electrons. The number of benzene rings is 1. The number of anilines is 1. The van der Waals surface area contributed by atoms with Gasteiger partial charge in [-0.25, -0.2) is 0 Å². The van der Waals surface area contributed by atoms with E-state index >= 15 is 0 Å². The second kappa shape index (κ2) is 12.1. The fourth-order valence-corrected chi connectivity index (χ4v) is 1.82. The van der Waals surface area contributed by atoms with Gasteiger partial charge in [-0.05, 0) is 12.1 Å². The molecule has 0 atom stereocenters. The van der Waals surface area contributed by atoms with E-state index in [0.29, 0.717) is 45.4 Å². The first-order valence-corrected chi connectivity index (χ1v) is 8.23. The molecule has 0 bridgehead atoms. The first-order valence-electron chi connectivity index (χ1n) is 7.11. The molecule has 8 nitrogen and oxygen atoms in total. The molecule has 23 heavy (non-hydrogen) atoms. The Balaban J connectivity index is 2.05. The molecule has 9 heteroatoms. The molecule has 0 unspecified atom stereocenters. The smallest absolute Gasteiger partial charge is 0.295 e. The summed E-state index contributed by atoms with van der Waals surface area (Å²) in [4.78, 5) is 10.2. The second-order valence-corrected chi connectivity index (χ2v) is 5.15. The van der Waals surface area contributed by atoms with E-state index in [1.807, 2.05) is 0 Å². The predicted molar refractivity (Wildman–Crippen MR) is 89.3 cm³/mol. The summed E-state index contributed by atoms with van der Waals surface area (Å²) >= 11 is 3.26. The van der Waals surface area contributed by atoms with Crippen molar-refractivity contribution < 1.29 is 23.9 Å². The summed E-state index contributed by atoms with van der Waals surface area (Å²) < 4.78 is 21.2. The summed E-state index contributed by atoms with van der Waals surface area (Å²) in [6, 6.07) is 4.32. The van der Waals surface area contributed by atoms with Gasteiger partial charge in [-0.15, -0.1) is 0 Å². The second-order valence-electron chi connectivity index (χ2n) is 4.35. The Morgan fingerprint density at radius 2 is 1.57 bits per heavy atom. The third-order valence-corrected chi connectivity index (χ3v) is 2.98. The molecule has 0 heterocycles. The summed E-state index contributed by atoms with van der Waals surface area (Å²) in [6.45, 7) is 3.33. The van der Waals surface area contributed by atoms with Crippen molar-refractivity contribution in [1.29, 1.82) is 0 Å². The molecule has 0 radical (unpaired) electrons. The van der Waals surface area contributed by atoms with Crippen LogP contribution in [-0.2, 0) is 14.2 Å². The Morgan fingerprint density at radius 1 is 1.00 bits per heavy atom. The van der Waals surface area contributed by atoms with Gasteiger partial charge in [0.15, 0.2) is 0 Å². The lowest BCUT2D eigenvalue weighted by Crippen LogP contribution is -2.13. The van der Waals surface area contributed by atoms with Gasteiger partial charge in [-0.3, -0.25) is 10.1 Å². The minimum atomic E-state index is -0.544. The minimum Gasteiger partial charge on any atom is -0.491 e. The largest absolute Gasteiger partial charge is 0.491 e. The normalized spacial score (nSPS) is 10.7. The van der Waals surface area contributed by atoms with E-state index in [1.54, 1.807) is 6.07 Å². The van der Waals surface area contributed by atoms with E-state index in [-0.39, 0.29) is 18.0 Å². The summed E-state index contributed by atoms with van der Waals surface area (Å²) in [5, 5.41) is 11.6. The summed E-state index contributed by atoms with van der Waals surface area (Å²) in [7, 11) is 0. The number of hydrogen-bond acceptors (Lipinski definition) is 7. The molecule has 1 aromatic carbocycles. The third-order valence-electron chi connectivity index (χ3n) is 2.66. The zero-order chi connectivity index (χ0) is 16.9. The maximum Gasteiger partial charge on any atom is 0.295 e. The van der Waals surface area contributed by atoms with Crippen molar-refractivity contribution in [3.63, 3.8) is 0 Å². The van der Waals surface area contributed by atoms with Gasteiger partial charge >= 0.3 is 0 Å². The monoisotopic (exact) mass is 392 g/mol. The molecule has 0 spiro atoms. The first kappa shape index (κ1) is 19.6. The van der Waals surface area contributed by atoms with Crippen LogP contribution in [0.1, 0.15) is 0 Å². The van der Waals surface area contributed by atoms with Crippen molar-refractivity contribution in [1.82, 2.24) is 0 Å². The molecular formula is C14H21BrN2O6. The van der Waals surface area contributed by atoms with Crippen molar-refractivity contribution in [2.75, 3.05) is 57.3 Å². The van der Waals surface area contributed by atoms with E-state index in [9.17, 15) is 10.1 Å². The molecule has 0 saturated carbocycles. The fraction of sp³-hybridized carbons (Fsp3) is 0.571. The molecule has 1 aromatic rings. The Kier molecular flexibility index (Phi) is 10.3. The van der Waals surface area contributed by atoms with Crippen LogP contribution in [0.3, 0.4) is 0 Å². The number of nitrogens with two attached hydrogens (primary N) is 1. The average molecular weight is 393 g/mol. The average Bonchev–Trinajstić information content (AvgIpc) is 2.53. The van der Waals surface area contributed by atoms with Crippen molar-refractivity contribution in [2.24, 2.45) is 0 Å². The van der Waals surface area contributed by atoms with Crippen LogP contribution in [0.2, 0.25) is 0 Å². The van der Waals surface area contributed by atoms with E-state index in [2.05, 4.69) is 15.9 Å². The quantitative estimate of drug-likeness (QED) is 0.180. The summed E-state index contributed by atoms with van der Waals surface area (Å²) in [5.41, 5.74) is 5.44. The fourth-order valence-electron chi connectivity index (χ4n) is 1.59. The van der Waals surface area contributed by atoms with Gasteiger partial charge in [-0.1, -0.05) is 15.9 Å². The molecular weight excluding hydrogens is 372 g/mol. The Labute approximate surface area is 143 Å². The standard InChI is InChI=1S/C14H21BrN2O6/c15-3-4-20-5-6-21-7-8-22-9-10-23-12-1-2-13(16)14(11-12)17(18)19/h1-2,11H,3-10,16H2. The van der Waals surface area contributed by atoms with Gasteiger partial charge in [0, 0.05) is 5.33 Å². The van der Waals surface area contributed by atoms with Crippen LogP contribution in [0.5, 0.6) is 5.75 Å². The highest BCUT2D eigenvalue weighted by molar-refractivity contribution is 9.09. The van der Waals surface area contributed by atoms with E-state index in [4.69, 9.17) is 24.7 Å². The van der Waals surface area contributed by atoms with Crippen LogP contribution in [-0.4, -0.2) is 56.5 Å². The van der Waals surface area contributed by atoms with Gasteiger partial charge < -0.3 is 24.7 Å². The molecule has 0 saturated heterocycles. The zero-order valence-corrected chi connectivity index (χ0v) is 14.3. The van der Waals surface area contributed by atoms with Crippen LogP contribution < -0.4 is 10.5 Å². The van der Waals surface area contributed by atoms with Crippen LogP contribution >= 0.6 is 15.9 Å². The number of ether oxygens (including phenoxy) is 4. The van der Waals surface area contributed by atoms with E-state index in [0.717, 1.165) is 5.33 Å². The zero-order valence-electron chi connectivity index (χ0n) is 12.7. The van der Waals surface area contributed by atoms with Crippen molar-refractivity contribution >= 4 is 27.3 Å². The number of nitrogen functional groups attached to an aromatic ring is 1. The van der Waals surface area contributed by atoms with Crippen LogP contribution in [0, 0.1) is 10.1 Å². The molecule has 0 aliphatic carbocycles. The highest BCUT2D eigenvalue weighted by Gasteiger charge is 2.12. The number of halogens is 1. The molecule has 0 amide bonds. The van der Waals surface area contributed by atoms with Crippen LogP contribution in [0.15, 0.2) is 18.2 Å². The maximum atomic E-state index is 10.8. The van der Waals surface area contributed by atoms with Crippen LogP contribution in [0.4, 0.5) is 11.4 Å². The van der Waals surface area contributed by atoms with Crippen molar-refractivity contribution in [3.05, 3.63) is 28.3 Å². The third kappa shape index (κ3) is 8.70. The SMILES string of the molecule is Nc1ccc(OCCOCCOCCOCCBr)cc1[N+](=O)[O-]. The molecule has 0 fully saturated rings. The van der Waals surface area contributed by atoms with Crippen LogP contribution in [0.25, 0.3) is 0 Å². The molecule has 0 aliphatic heterocycles.